The Morgan fingerprint density at radius 3 is 2.47 bits per heavy atom. The van der Waals surface area contributed by atoms with Gasteiger partial charge in [-0.2, -0.15) is 5.48 Å². The minimum atomic E-state index is -1.05. The Balaban J connectivity index is 3.52. The fourth-order valence-electron chi connectivity index (χ4n) is 0.908. The van der Waals surface area contributed by atoms with E-state index in [1.807, 2.05) is 0 Å². The third-order valence-corrected chi connectivity index (χ3v) is 1.63. The van der Waals surface area contributed by atoms with Gasteiger partial charge in [0.2, 0.25) is 0 Å². The molecule has 4 N–H and O–H groups in total. The summed E-state index contributed by atoms with van der Waals surface area (Å²) in [6.07, 6.45) is 0.0363. The van der Waals surface area contributed by atoms with Gasteiger partial charge in [0, 0.05) is 0 Å². The average Bonchev–Trinajstić information content (AvgIpc) is 2.13. The molecule has 0 aliphatic rings. The fraction of sp³-hybridized carbons (Fsp3) is 0.800. The molecule has 0 bridgehead atoms. The highest BCUT2D eigenvalue weighted by Gasteiger charge is 2.16. The first-order chi connectivity index (χ1) is 7.72. The van der Waals surface area contributed by atoms with Crippen molar-refractivity contribution in [1.82, 2.24) is 5.48 Å². The van der Waals surface area contributed by atoms with E-state index in [0.29, 0.717) is 6.42 Å². The maximum Gasteiger partial charge on any atom is 0.431 e. The molecule has 0 aliphatic heterocycles. The maximum absolute atomic E-state index is 11.1. The Hall–Kier alpha value is -1.34. The molecule has 7 heteroatoms. The van der Waals surface area contributed by atoms with Crippen molar-refractivity contribution < 1.29 is 24.3 Å². The monoisotopic (exact) mass is 248 g/mol. The number of carboxylic acids is 1. The molecule has 7 nitrogen and oxygen atoms in total. The van der Waals surface area contributed by atoms with Crippen LogP contribution in [0.3, 0.4) is 0 Å². The number of amides is 1. The molecule has 0 rings (SSSR count). The lowest BCUT2D eigenvalue weighted by molar-refractivity contribution is -0.138. The van der Waals surface area contributed by atoms with Crippen LogP contribution < -0.4 is 11.2 Å². The first-order valence-electron chi connectivity index (χ1n) is 5.31. The third-order valence-electron chi connectivity index (χ3n) is 1.63. The van der Waals surface area contributed by atoms with E-state index in [4.69, 9.17) is 20.4 Å². The van der Waals surface area contributed by atoms with E-state index in [2.05, 4.69) is 5.48 Å². The van der Waals surface area contributed by atoms with Crippen molar-refractivity contribution >= 4 is 12.1 Å². The molecule has 17 heavy (non-hydrogen) atoms. The van der Waals surface area contributed by atoms with Crippen LogP contribution in [0.15, 0.2) is 0 Å². The van der Waals surface area contributed by atoms with Crippen molar-refractivity contribution in [3.63, 3.8) is 0 Å². The number of nitrogens with one attached hydrogen (secondary N) is 1. The van der Waals surface area contributed by atoms with Gasteiger partial charge < -0.3 is 15.6 Å². The van der Waals surface area contributed by atoms with Crippen LogP contribution in [0.25, 0.3) is 0 Å². The van der Waals surface area contributed by atoms with Crippen LogP contribution in [-0.4, -0.2) is 35.4 Å². The van der Waals surface area contributed by atoms with Crippen LogP contribution in [0.4, 0.5) is 4.79 Å². The third kappa shape index (κ3) is 9.58. The predicted octanol–water partition coefficient (Wildman–Crippen LogP) is 0.635. The highest BCUT2D eigenvalue weighted by Crippen LogP contribution is 2.06. The van der Waals surface area contributed by atoms with Gasteiger partial charge in [-0.25, -0.2) is 4.79 Å². The van der Waals surface area contributed by atoms with E-state index in [-0.39, 0.29) is 13.0 Å². The summed E-state index contributed by atoms with van der Waals surface area (Å²) >= 11 is 0. The number of carbonyl (C=O) groups is 2. The number of carbonyl (C=O) groups excluding carboxylic acids is 1. The molecule has 0 saturated heterocycles. The lowest BCUT2D eigenvalue weighted by atomic mass is 10.2. The van der Waals surface area contributed by atoms with E-state index in [0.717, 1.165) is 0 Å². The van der Waals surface area contributed by atoms with E-state index in [9.17, 15) is 9.59 Å². The number of carboxylic acid groups (broad SMARTS) is 1. The quantitative estimate of drug-likeness (QED) is 0.469. The number of ether oxygens (including phenoxy) is 1. The Kier molecular flexibility index (Phi) is 6.52. The first kappa shape index (κ1) is 15.7. The molecule has 0 aromatic heterocycles. The molecule has 0 saturated carbocycles. The van der Waals surface area contributed by atoms with E-state index in [1.54, 1.807) is 20.8 Å². The number of hydrogen-bond donors (Lipinski definition) is 3. The minimum Gasteiger partial charge on any atom is -0.480 e. The van der Waals surface area contributed by atoms with Crippen LogP contribution in [0.5, 0.6) is 0 Å². The second-order valence-electron chi connectivity index (χ2n) is 4.54. The van der Waals surface area contributed by atoms with Crippen LogP contribution in [0.1, 0.15) is 33.6 Å². The van der Waals surface area contributed by atoms with Gasteiger partial charge in [0.1, 0.15) is 11.6 Å². The standard InChI is InChI=1S/C10H20N2O5/c1-10(2,3)17-9(15)12-16-6-4-5-7(11)8(13)14/h7H,4-6,11H2,1-3H3,(H,12,15)(H,13,14)/t7-/m0/s1. The van der Waals surface area contributed by atoms with Crippen LogP contribution in [-0.2, 0) is 14.4 Å². The Morgan fingerprint density at radius 1 is 1.41 bits per heavy atom. The predicted molar refractivity (Wildman–Crippen MR) is 60.2 cm³/mol. The number of hydrogen-bond acceptors (Lipinski definition) is 5. The lowest BCUT2D eigenvalue weighted by Crippen LogP contribution is -2.33. The molecule has 1 amide bonds. The number of rotatable bonds is 6. The summed E-state index contributed by atoms with van der Waals surface area (Å²) in [5.41, 5.74) is 6.78. The average molecular weight is 248 g/mol. The van der Waals surface area contributed by atoms with Crippen LogP contribution in [0, 0.1) is 0 Å². The Bertz CT molecular complexity index is 262. The van der Waals surface area contributed by atoms with E-state index >= 15 is 0 Å². The smallest absolute Gasteiger partial charge is 0.431 e. The van der Waals surface area contributed by atoms with Crippen molar-refractivity contribution in [1.29, 1.82) is 0 Å². The normalized spacial score (nSPS) is 12.9. The minimum absolute atomic E-state index is 0.181. The maximum atomic E-state index is 11.1. The summed E-state index contributed by atoms with van der Waals surface area (Å²) < 4.78 is 4.91. The van der Waals surface area contributed by atoms with Crippen LogP contribution in [0.2, 0.25) is 0 Å². The summed E-state index contributed by atoms with van der Waals surface area (Å²) in [5.74, 6) is -1.05. The molecule has 1 atom stereocenters. The van der Waals surface area contributed by atoms with Gasteiger partial charge in [-0.05, 0) is 33.6 Å². The highest BCUT2D eigenvalue weighted by atomic mass is 16.7. The lowest BCUT2D eigenvalue weighted by Gasteiger charge is -2.19. The zero-order valence-electron chi connectivity index (χ0n) is 10.4. The fourth-order valence-corrected chi connectivity index (χ4v) is 0.908. The molecule has 0 unspecified atom stereocenters. The molecule has 0 aromatic rings. The topological polar surface area (TPSA) is 111 Å². The number of hydroxylamine groups is 1. The van der Waals surface area contributed by atoms with Gasteiger partial charge >= 0.3 is 12.1 Å². The van der Waals surface area contributed by atoms with Gasteiger partial charge in [0.05, 0.1) is 6.61 Å². The molecule has 0 heterocycles. The second kappa shape index (κ2) is 7.08. The first-order valence-corrected chi connectivity index (χ1v) is 5.31. The van der Waals surface area contributed by atoms with Gasteiger partial charge in [-0.1, -0.05) is 0 Å². The summed E-state index contributed by atoms with van der Waals surface area (Å²) in [4.78, 5) is 26.3. The molecule has 0 fully saturated rings. The second-order valence-corrected chi connectivity index (χ2v) is 4.54. The zero-order valence-corrected chi connectivity index (χ0v) is 10.4. The van der Waals surface area contributed by atoms with Crippen molar-refractivity contribution in [2.45, 2.75) is 45.3 Å². The summed E-state index contributed by atoms with van der Waals surface area (Å²) in [7, 11) is 0. The van der Waals surface area contributed by atoms with E-state index < -0.39 is 23.7 Å². The molecular formula is C10H20N2O5. The Morgan fingerprint density at radius 2 is 2.00 bits per heavy atom. The molecule has 0 aromatic carbocycles. The molecule has 0 spiro atoms. The van der Waals surface area contributed by atoms with Gasteiger partial charge in [-0.15, -0.1) is 0 Å². The molecule has 100 valence electrons. The Labute approximate surface area is 100 Å². The van der Waals surface area contributed by atoms with Crippen molar-refractivity contribution in [3.8, 4) is 0 Å². The molecule has 0 radical (unpaired) electrons. The zero-order chi connectivity index (χ0) is 13.5. The number of aliphatic carboxylic acids is 1. The van der Waals surface area contributed by atoms with Crippen molar-refractivity contribution in [2.75, 3.05) is 6.61 Å². The van der Waals surface area contributed by atoms with Crippen molar-refractivity contribution in [2.24, 2.45) is 5.73 Å². The largest absolute Gasteiger partial charge is 0.480 e. The van der Waals surface area contributed by atoms with Gasteiger partial charge in [0.15, 0.2) is 0 Å². The van der Waals surface area contributed by atoms with E-state index in [1.165, 1.54) is 0 Å². The van der Waals surface area contributed by atoms with Crippen LogP contribution >= 0.6 is 0 Å². The summed E-state index contributed by atoms with van der Waals surface area (Å²) in [5, 5.41) is 8.50. The number of nitrogens with two attached hydrogens (primary N) is 1. The SMILES string of the molecule is CC(C)(C)OC(=O)NOCCC[C@H](N)C(=O)O. The molecular weight excluding hydrogens is 228 g/mol. The summed E-state index contributed by atoms with van der Waals surface area (Å²) in [6.45, 7) is 5.38. The summed E-state index contributed by atoms with van der Waals surface area (Å²) in [6, 6.07) is -0.903. The van der Waals surface area contributed by atoms with Crippen molar-refractivity contribution in [3.05, 3.63) is 0 Å². The van der Waals surface area contributed by atoms with Gasteiger partial charge in [-0.3, -0.25) is 9.63 Å². The highest BCUT2D eigenvalue weighted by molar-refractivity contribution is 5.72. The molecule has 0 aliphatic carbocycles. The van der Waals surface area contributed by atoms with Gasteiger partial charge in [0.25, 0.3) is 0 Å².